The molecule has 0 atom stereocenters. The van der Waals surface area contributed by atoms with Crippen LogP contribution in [0.3, 0.4) is 0 Å². The highest BCUT2D eigenvalue weighted by atomic mass is 28.4. The molecule has 3 nitrogen and oxygen atoms in total. The van der Waals surface area contributed by atoms with Crippen LogP contribution < -0.4 is 0 Å². The third kappa shape index (κ3) is 5.72. The number of halogens is 5. The fourth-order valence-electron chi connectivity index (χ4n) is 1.46. The van der Waals surface area contributed by atoms with Gasteiger partial charge in [-0.05, 0) is 20.8 Å². The standard InChI is InChI=1S/C10H19F5O3Si/c1-4-16-19(17-5-2,18-6-3)10(14,15)8-7-9(11,12)13/h4-8H2,1-3H3. The predicted octanol–water partition coefficient (Wildman–Crippen LogP) is 3.55. The molecule has 0 aliphatic heterocycles. The van der Waals surface area contributed by atoms with Crippen LogP contribution in [0.5, 0.6) is 0 Å². The average molecular weight is 310 g/mol. The fourth-order valence-corrected chi connectivity index (χ4v) is 3.92. The van der Waals surface area contributed by atoms with Crippen LogP contribution in [0, 0.1) is 0 Å². The van der Waals surface area contributed by atoms with Gasteiger partial charge in [0.25, 0.3) is 0 Å². The summed E-state index contributed by atoms with van der Waals surface area (Å²) in [6.45, 7) is 4.02. The molecule has 0 fully saturated rings. The van der Waals surface area contributed by atoms with E-state index in [0.717, 1.165) is 0 Å². The lowest BCUT2D eigenvalue weighted by Crippen LogP contribution is -2.61. The van der Waals surface area contributed by atoms with Gasteiger partial charge in [-0.2, -0.15) is 13.2 Å². The molecule has 0 unspecified atom stereocenters. The van der Waals surface area contributed by atoms with Crippen LogP contribution in [0.1, 0.15) is 33.6 Å². The molecular weight excluding hydrogens is 291 g/mol. The Morgan fingerprint density at radius 2 is 1.11 bits per heavy atom. The van der Waals surface area contributed by atoms with Gasteiger partial charge in [0.15, 0.2) is 0 Å². The van der Waals surface area contributed by atoms with Crippen molar-refractivity contribution in [2.45, 2.75) is 45.3 Å². The van der Waals surface area contributed by atoms with Gasteiger partial charge in [-0.3, -0.25) is 0 Å². The van der Waals surface area contributed by atoms with Crippen molar-refractivity contribution >= 4 is 8.80 Å². The molecule has 9 heteroatoms. The Labute approximate surface area is 110 Å². The zero-order valence-corrected chi connectivity index (χ0v) is 12.2. The molecule has 0 heterocycles. The van der Waals surface area contributed by atoms with Gasteiger partial charge in [0.05, 0.1) is 0 Å². The second kappa shape index (κ2) is 7.51. The molecule has 0 saturated carbocycles. The minimum Gasteiger partial charge on any atom is -0.370 e. The van der Waals surface area contributed by atoms with E-state index in [1.165, 1.54) is 20.8 Å². The van der Waals surface area contributed by atoms with E-state index in [-0.39, 0.29) is 19.8 Å². The van der Waals surface area contributed by atoms with Crippen LogP contribution in [0.2, 0.25) is 0 Å². The van der Waals surface area contributed by atoms with E-state index < -0.39 is 33.4 Å². The highest BCUT2D eigenvalue weighted by molar-refractivity contribution is 6.63. The minimum absolute atomic E-state index is 0.117. The Morgan fingerprint density at radius 3 is 1.37 bits per heavy atom. The predicted molar refractivity (Wildman–Crippen MR) is 60.9 cm³/mol. The Morgan fingerprint density at radius 1 is 0.737 bits per heavy atom. The van der Waals surface area contributed by atoms with Crippen molar-refractivity contribution in [3.8, 4) is 0 Å². The highest BCUT2D eigenvalue weighted by Gasteiger charge is 2.64. The summed E-state index contributed by atoms with van der Waals surface area (Å²) in [6, 6.07) is 0. The molecule has 0 aliphatic carbocycles. The first-order valence-corrected chi connectivity index (χ1v) is 7.73. The molecule has 0 radical (unpaired) electrons. The summed E-state index contributed by atoms with van der Waals surface area (Å²) >= 11 is 0. The molecule has 0 aliphatic rings. The van der Waals surface area contributed by atoms with Crippen LogP contribution >= 0.6 is 0 Å². The number of alkyl halides is 5. The Hall–Kier alpha value is -0.253. The van der Waals surface area contributed by atoms with E-state index in [4.69, 9.17) is 13.3 Å². The smallest absolute Gasteiger partial charge is 0.370 e. The van der Waals surface area contributed by atoms with Crippen molar-refractivity contribution in [3.63, 3.8) is 0 Å². The van der Waals surface area contributed by atoms with Crippen molar-refractivity contribution in [1.82, 2.24) is 0 Å². The summed E-state index contributed by atoms with van der Waals surface area (Å²) in [5.41, 5.74) is -3.77. The maximum absolute atomic E-state index is 14.0. The van der Waals surface area contributed by atoms with Crippen LogP contribution in [0.4, 0.5) is 22.0 Å². The zero-order chi connectivity index (χ0) is 15.2. The van der Waals surface area contributed by atoms with Gasteiger partial charge in [0.2, 0.25) is 0 Å². The molecule has 0 aromatic heterocycles. The Bertz CT molecular complexity index is 243. The third-order valence-electron chi connectivity index (χ3n) is 2.17. The van der Waals surface area contributed by atoms with E-state index in [0.29, 0.717) is 0 Å². The molecular formula is C10H19F5O3Si. The van der Waals surface area contributed by atoms with Crippen molar-refractivity contribution in [3.05, 3.63) is 0 Å². The molecule has 0 spiro atoms. The van der Waals surface area contributed by atoms with E-state index in [2.05, 4.69) is 0 Å². The van der Waals surface area contributed by atoms with Crippen molar-refractivity contribution in [1.29, 1.82) is 0 Å². The second-order valence-corrected chi connectivity index (χ2v) is 6.38. The van der Waals surface area contributed by atoms with Crippen LogP contribution in [-0.4, -0.2) is 40.3 Å². The number of hydrogen-bond acceptors (Lipinski definition) is 3. The molecule has 0 N–H and O–H groups in total. The van der Waals surface area contributed by atoms with Crippen LogP contribution in [-0.2, 0) is 13.3 Å². The Kier molecular flexibility index (Phi) is 7.41. The summed E-state index contributed by atoms with van der Waals surface area (Å²) in [7, 11) is -4.46. The van der Waals surface area contributed by atoms with Crippen molar-refractivity contribution in [2.24, 2.45) is 0 Å². The van der Waals surface area contributed by atoms with Crippen LogP contribution in [0.15, 0.2) is 0 Å². The zero-order valence-electron chi connectivity index (χ0n) is 11.2. The lowest BCUT2D eigenvalue weighted by Gasteiger charge is -2.34. The minimum atomic E-state index is -4.66. The van der Waals surface area contributed by atoms with Gasteiger partial charge in [-0.15, -0.1) is 0 Å². The summed E-state index contributed by atoms with van der Waals surface area (Å²) in [5, 5.41) is 0. The van der Waals surface area contributed by atoms with Gasteiger partial charge in [-0.1, -0.05) is 0 Å². The quantitative estimate of drug-likeness (QED) is 0.481. The van der Waals surface area contributed by atoms with Crippen molar-refractivity contribution < 1.29 is 35.2 Å². The molecule has 0 aromatic carbocycles. The van der Waals surface area contributed by atoms with Gasteiger partial charge in [-0.25, -0.2) is 8.78 Å². The van der Waals surface area contributed by atoms with Gasteiger partial charge in [0, 0.05) is 32.7 Å². The molecule has 0 amide bonds. The first-order valence-electron chi connectivity index (χ1n) is 6.00. The van der Waals surface area contributed by atoms with Gasteiger partial charge in [0.1, 0.15) is 0 Å². The first-order chi connectivity index (χ1) is 8.64. The van der Waals surface area contributed by atoms with E-state index in [9.17, 15) is 22.0 Å². The molecule has 0 aromatic rings. The van der Waals surface area contributed by atoms with E-state index in [1.807, 2.05) is 0 Å². The SMILES string of the molecule is CCO[Si](OCC)(OCC)C(F)(F)CCC(F)(F)F. The summed E-state index contributed by atoms with van der Waals surface area (Å²) in [4.78, 5) is 0. The first kappa shape index (κ1) is 18.7. The van der Waals surface area contributed by atoms with E-state index >= 15 is 0 Å². The number of hydrogen-bond donors (Lipinski definition) is 0. The number of rotatable bonds is 9. The lowest BCUT2D eigenvalue weighted by molar-refractivity contribution is -0.151. The monoisotopic (exact) mass is 310 g/mol. The maximum atomic E-state index is 14.0. The summed E-state index contributed by atoms with van der Waals surface area (Å²) in [6.07, 6.45) is -7.67. The summed E-state index contributed by atoms with van der Waals surface area (Å²) in [5.74, 6) is 0. The van der Waals surface area contributed by atoms with Crippen LogP contribution in [0.25, 0.3) is 0 Å². The lowest BCUT2D eigenvalue weighted by atomic mass is 10.3. The topological polar surface area (TPSA) is 27.7 Å². The maximum Gasteiger partial charge on any atom is 0.574 e. The molecule has 0 rings (SSSR count). The average Bonchev–Trinajstić information content (AvgIpc) is 2.26. The fraction of sp³-hybridized carbons (Fsp3) is 1.00. The largest absolute Gasteiger partial charge is 0.574 e. The van der Waals surface area contributed by atoms with Gasteiger partial charge >= 0.3 is 20.5 Å². The molecule has 116 valence electrons. The molecule has 19 heavy (non-hydrogen) atoms. The van der Waals surface area contributed by atoms with Crippen molar-refractivity contribution in [2.75, 3.05) is 19.8 Å². The third-order valence-corrected chi connectivity index (χ3v) is 5.33. The normalized spacial score (nSPS) is 13.9. The highest BCUT2D eigenvalue weighted by Crippen LogP contribution is 2.37. The second-order valence-electron chi connectivity index (χ2n) is 3.67. The summed E-state index contributed by atoms with van der Waals surface area (Å²) < 4.78 is 79.1. The molecule has 0 bridgehead atoms. The van der Waals surface area contributed by atoms with E-state index in [1.54, 1.807) is 0 Å². The molecule has 0 saturated heterocycles. The Balaban J connectivity index is 5.06. The van der Waals surface area contributed by atoms with Gasteiger partial charge < -0.3 is 13.3 Å².